The van der Waals surface area contributed by atoms with E-state index in [2.05, 4.69) is 5.32 Å². The van der Waals surface area contributed by atoms with Crippen molar-refractivity contribution in [1.82, 2.24) is 5.32 Å². The predicted molar refractivity (Wildman–Crippen MR) is 84.9 cm³/mol. The minimum Gasteiger partial charge on any atom is -0.493 e. The van der Waals surface area contributed by atoms with Crippen LogP contribution in [0, 0.1) is 17.8 Å². The maximum absolute atomic E-state index is 12.3. The highest BCUT2D eigenvalue weighted by Gasteiger charge is 2.51. The zero-order valence-corrected chi connectivity index (χ0v) is 14.2. The normalized spacial score (nSPS) is 33.2. The van der Waals surface area contributed by atoms with Gasteiger partial charge >= 0.3 is 0 Å². The Kier molecular flexibility index (Phi) is 4.58. The molecule has 0 radical (unpaired) electrons. The summed E-state index contributed by atoms with van der Waals surface area (Å²) in [6.45, 7) is 0.458. The Labute approximate surface area is 142 Å². The highest BCUT2D eigenvalue weighted by Crippen LogP contribution is 2.48. The van der Waals surface area contributed by atoms with E-state index in [4.69, 9.17) is 27.9 Å². The number of rotatable bonds is 4. The van der Waals surface area contributed by atoms with Crippen LogP contribution >= 0.6 is 34.5 Å². The highest BCUT2D eigenvalue weighted by atomic mass is 35.5. The standard InChI is InChI=1S/C14H17Cl2NO4S/c1-21-11-8(15)13(16)22-12(11)14(20)17-4-6-2-5-3-7(6)10(19)9(5)18/h5-7,9-10,18-19H,2-4H2,1H3,(H,17,20)/t5-,6-,7-,9+,10-/m0/s1. The molecule has 2 fully saturated rings. The van der Waals surface area contributed by atoms with Gasteiger partial charge in [-0.05, 0) is 30.6 Å². The van der Waals surface area contributed by atoms with Gasteiger partial charge in [0.1, 0.15) is 14.2 Å². The molecule has 3 N–H and O–H groups in total. The summed E-state index contributed by atoms with van der Waals surface area (Å²) < 4.78 is 5.45. The molecule has 2 saturated carbocycles. The van der Waals surface area contributed by atoms with Crippen LogP contribution in [-0.4, -0.2) is 42.0 Å². The summed E-state index contributed by atoms with van der Waals surface area (Å²) in [6.07, 6.45) is 0.350. The Morgan fingerprint density at radius 1 is 1.36 bits per heavy atom. The molecule has 0 aromatic carbocycles. The summed E-state index contributed by atoms with van der Waals surface area (Å²) in [7, 11) is 1.44. The molecule has 122 valence electrons. The van der Waals surface area contributed by atoms with Crippen LogP contribution in [0.4, 0.5) is 0 Å². The number of hydrogen-bond acceptors (Lipinski definition) is 5. The monoisotopic (exact) mass is 365 g/mol. The van der Waals surface area contributed by atoms with E-state index >= 15 is 0 Å². The molecule has 0 spiro atoms. The third-order valence-corrected chi connectivity index (χ3v) is 6.71. The Hall–Kier alpha value is -0.530. The number of thiophene rings is 1. The van der Waals surface area contributed by atoms with Crippen molar-refractivity contribution >= 4 is 40.4 Å². The summed E-state index contributed by atoms with van der Waals surface area (Å²) in [4.78, 5) is 12.6. The molecule has 0 aliphatic heterocycles. The topological polar surface area (TPSA) is 78.8 Å². The number of fused-ring (bicyclic) bond motifs is 2. The smallest absolute Gasteiger partial charge is 0.265 e. The van der Waals surface area contributed by atoms with E-state index in [1.54, 1.807) is 0 Å². The van der Waals surface area contributed by atoms with Crippen molar-refractivity contribution in [3.05, 3.63) is 14.2 Å². The Morgan fingerprint density at radius 2 is 2.09 bits per heavy atom. The number of halogens is 2. The van der Waals surface area contributed by atoms with Crippen molar-refractivity contribution in [1.29, 1.82) is 0 Å². The zero-order valence-electron chi connectivity index (χ0n) is 11.9. The van der Waals surface area contributed by atoms with Crippen LogP contribution in [0.2, 0.25) is 9.36 Å². The lowest BCUT2D eigenvalue weighted by molar-refractivity contribution is -0.0332. The second-order valence-corrected chi connectivity index (χ2v) is 7.90. The lowest BCUT2D eigenvalue weighted by atomic mass is 9.85. The number of methoxy groups -OCH3 is 1. The molecule has 5 nitrogen and oxygen atoms in total. The quantitative estimate of drug-likeness (QED) is 0.763. The lowest BCUT2D eigenvalue weighted by Crippen LogP contribution is -2.41. The van der Waals surface area contributed by atoms with E-state index in [1.807, 2.05) is 0 Å². The molecule has 0 unspecified atom stereocenters. The van der Waals surface area contributed by atoms with Gasteiger partial charge in [-0.1, -0.05) is 23.2 Å². The molecule has 5 atom stereocenters. The molecule has 22 heavy (non-hydrogen) atoms. The van der Waals surface area contributed by atoms with Crippen molar-refractivity contribution in [2.75, 3.05) is 13.7 Å². The number of aliphatic hydroxyl groups is 2. The Morgan fingerprint density at radius 3 is 2.68 bits per heavy atom. The fraction of sp³-hybridized carbons (Fsp3) is 0.643. The van der Waals surface area contributed by atoms with Gasteiger partial charge < -0.3 is 20.3 Å². The molecular weight excluding hydrogens is 349 g/mol. The molecule has 3 rings (SSSR count). The first kappa shape index (κ1) is 16.3. The summed E-state index contributed by atoms with van der Waals surface area (Å²) in [5.41, 5.74) is 0. The first-order valence-corrected chi connectivity index (χ1v) is 8.67. The number of ether oxygens (including phenoxy) is 1. The molecule has 1 aromatic heterocycles. The summed E-state index contributed by atoms with van der Waals surface area (Å²) in [5, 5.41) is 22.8. The predicted octanol–water partition coefficient (Wildman–Crippen LogP) is 2.17. The molecule has 2 aliphatic carbocycles. The summed E-state index contributed by atoms with van der Waals surface area (Å²) in [6, 6.07) is 0. The second kappa shape index (κ2) is 6.17. The highest BCUT2D eigenvalue weighted by molar-refractivity contribution is 7.19. The third-order valence-electron chi connectivity index (χ3n) is 4.76. The van der Waals surface area contributed by atoms with Gasteiger partial charge in [0, 0.05) is 6.54 Å². The number of amides is 1. The first-order chi connectivity index (χ1) is 10.4. The van der Waals surface area contributed by atoms with Crippen LogP contribution in [0.25, 0.3) is 0 Å². The average molecular weight is 366 g/mol. The molecular formula is C14H17Cl2NO4S. The van der Waals surface area contributed by atoms with E-state index < -0.39 is 12.2 Å². The maximum atomic E-state index is 12.3. The van der Waals surface area contributed by atoms with Gasteiger partial charge in [-0.2, -0.15) is 0 Å². The molecule has 1 heterocycles. The zero-order chi connectivity index (χ0) is 16.0. The number of aliphatic hydroxyl groups excluding tert-OH is 2. The Bertz CT molecular complexity index is 592. The first-order valence-electron chi connectivity index (χ1n) is 7.10. The number of hydrogen-bond donors (Lipinski definition) is 3. The SMILES string of the molecule is COc1c(C(=O)NC[C@@H]2C[C@H]3C[C@@H]2[C@H](O)[C@@H]3O)sc(Cl)c1Cl. The lowest BCUT2D eigenvalue weighted by Gasteiger charge is -2.29. The fourth-order valence-electron chi connectivity index (χ4n) is 3.67. The Balaban J connectivity index is 1.63. The van der Waals surface area contributed by atoms with Crippen molar-refractivity contribution in [3.8, 4) is 5.75 Å². The van der Waals surface area contributed by atoms with Crippen LogP contribution in [-0.2, 0) is 0 Å². The third kappa shape index (κ3) is 2.61. The van der Waals surface area contributed by atoms with E-state index in [1.165, 1.54) is 7.11 Å². The van der Waals surface area contributed by atoms with Crippen LogP contribution in [0.3, 0.4) is 0 Å². The summed E-state index contributed by atoms with van der Waals surface area (Å²) >= 11 is 13.0. The van der Waals surface area contributed by atoms with E-state index in [0.29, 0.717) is 15.8 Å². The molecule has 2 bridgehead atoms. The number of nitrogens with one attached hydrogen (secondary N) is 1. The van der Waals surface area contributed by atoms with E-state index in [-0.39, 0.29) is 34.4 Å². The molecule has 8 heteroatoms. The van der Waals surface area contributed by atoms with Crippen LogP contribution in [0.1, 0.15) is 22.5 Å². The van der Waals surface area contributed by atoms with Crippen molar-refractivity contribution in [2.24, 2.45) is 17.8 Å². The number of carbonyl (C=O) groups is 1. The van der Waals surface area contributed by atoms with Crippen molar-refractivity contribution in [2.45, 2.75) is 25.0 Å². The molecule has 1 aromatic rings. The summed E-state index contributed by atoms with van der Waals surface area (Å²) in [5.74, 6) is 0.384. The van der Waals surface area contributed by atoms with Gasteiger partial charge in [-0.25, -0.2) is 0 Å². The van der Waals surface area contributed by atoms with Crippen LogP contribution in [0.5, 0.6) is 5.75 Å². The van der Waals surface area contributed by atoms with Gasteiger partial charge in [0.15, 0.2) is 5.75 Å². The van der Waals surface area contributed by atoms with Gasteiger partial charge in [-0.3, -0.25) is 4.79 Å². The van der Waals surface area contributed by atoms with E-state index in [0.717, 1.165) is 24.2 Å². The second-order valence-electron chi connectivity index (χ2n) is 5.90. The molecule has 2 aliphatic rings. The van der Waals surface area contributed by atoms with Gasteiger partial charge in [0.05, 0.1) is 19.3 Å². The van der Waals surface area contributed by atoms with E-state index in [9.17, 15) is 15.0 Å². The van der Waals surface area contributed by atoms with Crippen LogP contribution in [0.15, 0.2) is 0 Å². The molecule has 1 amide bonds. The van der Waals surface area contributed by atoms with Gasteiger partial charge in [-0.15, -0.1) is 11.3 Å². The van der Waals surface area contributed by atoms with Gasteiger partial charge in [0.25, 0.3) is 5.91 Å². The van der Waals surface area contributed by atoms with Gasteiger partial charge in [0.2, 0.25) is 0 Å². The largest absolute Gasteiger partial charge is 0.493 e. The number of carbonyl (C=O) groups excluding carboxylic acids is 1. The van der Waals surface area contributed by atoms with Crippen molar-refractivity contribution in [3.63, 3.8) is 0 Å². The minimum absolute atomic E-state index is 0.0534. The maximum Gasteiger partial charge on any atom is 0.265 e. The van der Waals surface area contributed by atoms with Crippen LogP contribution < -0.4 is 10.1 Å². The fourth-order valence-corrected chi connectivity index (χ4v) is 5.14. The van der Waals surface area contributed by atoms with Crippen molar-refractivity contribution < 1.29 is 19.7 Å². The average Bonchev–Trinajstić information content (AvgIpc) is 3.12. The molecule has 0 saturated heterocycles. The minimum atomic E-state index is -0.680.